The van der Waals surface area contributed by atoms with Crippen LogP contribution in [0, 0.1) is 22.7 Å². The molecule has 15 heavy (non-hydrogen) atoms. The van der Waals surface area contributed by atoms with Crippen molar-refractivity contribution < 1.29 is 0 Å². The first-order valence-corrected chi connectivity index (χ1v) is 6.36. The summed E-state index contributed by atoms with van der Waals surface area (Å²) in [4.78, 5) is 2.47. The van der Waals surface area contributed by atoms with Crippen LogP contribution in [0.2, 0.25) is 0 Å². The number of hydrogen-bond donors (Lipinski definition) is 0. The summed E-state index contributed by atoms with van der Waals surface area (Å²) < 4.78 is 0. The van der Waals surface area contributed by atoms with E-state index < -0.39 is 0 Å². The van der Waals surface area contributed by atoms with Gasteiger partial charge in [0.25, 0.3) is 0 Å². The molecule has 2 fully saturated rings. The molecule has 2 aliphatic rings. The van der Waals surface area contributed by atoms with Crippen LogP contribution in [-0.2, 0) is 0 Å². The van der Waals surface area contributed by atoms with Crippen LogP contribution in [0.25, 0.3) is 0 Å². The van der Waals surface area contributed by atoms with Crippen LogP contribution < -0.4 is 0 Å². The van der Waals surface area contributed by atoms with E-state index in [-0.39, 0.29) is 5.92 Å². The summed E-state index contributed by atoms with van der Waals surface area (Å²) in [6.07, 6.45) is 8.62. The smallest absolute Gasteiger partial charge is 0.0666 e. The Morgan fingerprint density at radius 1 is 1.20 bits per heavy atom. The minimum atomic E-state index is 0.202. The highest BCUT2D eigenvalue weighted by Gasteiger charge is 2.42. The van der Waals surface area contributed by atoms with Gasteiger partial charge in [-0.3, -0.25) is 0 Å². The van der Waals surface area contributed by atoms with Gasteiger partial charge in [0.2, 0.25) is 0 Å². The van der Waals surface area contributed by atoms with Gasteiger partial charge in [-0.05, 0) is 25.2 Å². The van der Waals surface area contributed by atoms with Gasteiger partial charge in [-0.2, -0.15) is 5.26 Å². The first-order chi connectivity index (χ1) is 7.24. The summed E-state index contributed by atoms with van der Waals surface area (Å²) >= 11 is 0. The fourth-order valence-electron chi connectivity index (χ4n) is 3.25. The molecule has 0 N–H and O–H groups in total. The average molecular weight is 206 g/mol. The third kappa shape index (κ3) is 2.52. The third-order valence-corrected chi connectivity index (χ3v) is 4.03. The topological polar surface area (TPSA) is 27.0 Å². The van der Waals surface area contributed by atoms with Crippen LogP contribution in [0.5, 0.6) is 0 Å². The Morgan fingerprint density at radius 2 is 1.80 bits per heavy atom. The van der Waals surface area contributed by atoms with Crippen LogP contribution in [0.3, 0.4) is 0 Å². The Balaban J connectivity index is 1.78. The van der Waals surface area contributed by atoms with Gasteiger partial charge >= 0.3 is 0 Å². The van der Waals surface area contributed by atoms with E-state index in [9.17, 15) is 0 Å². The Hall–Kier alpha value is -0.550. The van der Waals surface area contributed by atoms with Crippen LogP contribution in [-0.4, -0.2) is 24.5 Å². The van der Waals surface area contributed by atoms with Crippen molar-refractivity contribution in [1.82, 2.24) is 4.90 Å². The van der Waals surface area contributed by atoms with Crippen molar-refractivity contribution in [2.24, 2.45) is 11.3 Å². The predicted octanol–water partition coefficient (Wildman–Crippen LogP) is 2.80. The monoisotopic (exact) mass is 206 g/mol. The number of likely N-dealkylation sites (tertiary alicyclic amines) is 1. The third-order valence-electron chi connectivity index (χ3n) is 4.03. The molecule has 1 spiro atoms. The molecule has 0 amide bonds. The lowest BCUT2D eigenvalue weighted by Gasteiger charge is -2.51. The van der Waals surface area contributed by atoms with Gasteiger partial charge in [-0.1, -0.05) is 25.7 Å². The molecule has 1 unspecified atom stereocenters. The Labute approximate surface area is 93.3 Å². The van der Waals surface area contributed by atoms with Crippen molar-refractivity contribution >= 4 is 0 Å². The fourth-order valence-corrected chi connectivity index (χ4v) is 3.25. The summed E-state index contributed by atoms with van der Waals surface area (Å²) in [5.41, 5.74) is 0.658. The molecule has 0 aromatic heterocycles. The van der Waals surface area contributed by atoms with E-state index in [1.165, 1.54) is 51.6 Å². The fraction of sp³-hybridized carbons (Fsp3) is 0.923. The maximum atomic E-state index is 8.77. The molecule has 2 rings (SSSR count). The number of hydrogen-bond acceptors (Lipinski definition) is 2. The molecular weight excluding hydrogens is 184 g/mol. The van der Waals surface area contributed by atoms with Crippen molar-refractivity contribution in [3.8, 4) is 6.07 Å². The second-order valence-corrected chi connectivity index (χ2v) is 5.61. The van der Waals surface area contributed by atoms with E-state index in [1.54, 1.807) is 0 Å². The summed E-state index contributed by atoms with van der Waals surface area (Å²) in [5.74, 6) is 0.202. The number of nitriles is 1. The van der Waals surface area contributed by atoms with Gasteiger partial charge < -0.3 is 4.90 Å². The standard InChI is InChI=1S/C13H22N2/c1-12(8-14)9-15-10-13(11-15)6-4-2-3-5-7-13/h12H,2-7,9-11H2,1H3. The van der Waals surface area contributed by atoms with Gasteiger partial charge in [-0.15, -0.1) is 0 Å². The lowest BCUT2D eigenvalue weighted by atomic mass is 9.73. The first-order valence-electron chi connectivity index (χ1n) is 6.36. The minimum absolute atomic E-state index is 0.202. The maximum absolute atomic E-state index is 8.77. The van der Waals surface area contributed by atoms with Crippen molar-refractivity contribution in [2.45, 2.75) is 45.4 Å². The summed E-state index contributed by atoms with van der Waals surface area (Å²) in [6.45, 7) is 5.54. The molecule has 0 bridgehead atoms. The Morgan fingerprint density at radius 3 is 2.33 bits per heavy atom. The molecule has 2 nitrogen and oxygen atoms in total. The zero-order valence-corrected chi connectivity index (χ0v) is 9.84. The van der Waals surface area contributed by atoms with Gasteiger partial charge in [0.05, 0.1) is 12.0 Å². The SMILES string of the molecule is CC(C#N)CN1CC2(CCCCCC2)C1. The van der Waals surface area contributed by atoms with Gasteiger partial charge in [-0.25, -0.2) is 0 Å². The minimum Gasteiger partial charge on any atom is -0.301 e. The highest BCUT2D eigenvalue weighted by Crippen LogP contribution is 2.42. The van der Waals surface area contributed by atoms with Crippen molar-refractivity contribution in [3.05, 3.63) is 0 Å². The molecule has 84 valence electrons. The maximum Gasteiger partial charge on any atom is 0.0666 e. The lowest BCUT2D eigenvalue weighted by Crippen LogP contribution is -2.56. The number of nitrogens with zero attached hydrogens (tertiary/aromatic N) is 2. The average Bonchev–Trinajstić information content (AvgIpc) is 2.42. The second-order valence-electron chi connectivity index (χ2n) is 5.61. The van der Waals surface area contributed by atoms with E-state index >= 15 is 0 Å². The molecule has 0 aromatic rings. The predicted molar refractivity (Wildman–Crippen MR) is 61.4 cm³/mol. The molecule has 1 atom stereocenters. The molecule has 0 aromatic carbocycles. The van der Waals surface area contributed by atoms with Gasteiger partial charge in [0.15, 0.2) is 0 Å². The quantitative estimate of drug-likeness (QED) is 0.694. The van der Waals surface area contributed by atoms with E-state index in [0.29, 0.717) is 5.41 Å². The van der Waals surface area contributed by atoms with Gasteiger partial charge in [0.1, 0.15) is 0 Å². The zero-order chi connectivity index (χ0) is 10.7. The molecule has 1 heterocycles. The highest BCUT2D eigenvalue weighted by atomic mass is 15.2. The van der Waals surface area contributed by atoms with Crippen molar-refractivity contribution in [3.63, 3.8) is 0 Å². The van der Waals surface area contributed by atoms with E-state index in [1.807, 2.05) is 6.92 Å². The molecule has 2 heteroatoms. The highest BCUT2D eigenvalue weighted by molar-refractivity contribution is 4.97. The normalized spacial score (nSPS) is 27.7. The van der Waals surface area contributed by atoms with E-state index in [0.717, 1.165) is 6.54 Å². The van der Waals surface area contributed by atoms with Gasteiger partial charge in [0, 0.05) is 19.6 Å². The van der Waals surface area contributed by atoms with Crippen LogP contribution in [0.4, 0.5) is 0 Å². The van der Waals surface area contributed by atoms with E-state index in [4.69, 9.17) is 5.26 Å². The Bertz CT molecular complexity index is 238. The summed E-state index contributed by atoms with van der Waals surface area (Å²) in [7, 11) is 0. The molecule has 1 saturated heterocycles. The molecular formula is C13H22N2. The zero-order valence-electron chi connectivity index (χ0n) is 9.84. The first kappa shape index (κ1) is 11.0. The lowest BCUT2D eigenvalue weighted by molar-refractivity contribution is -0.0160. The van der Waals surface area contributed by atoms with Crippen molar-refractivity contribution in [2.75, 3.05) is 19.6 Å². The molecule has 1 aliphatic heterocycles. The van der Waals surface area contributed by atoms with Crippen LogP contribution in [0.15, 0.2) is 0 Å². The largest absolute Gasteiger partial charge is 0.301 e. The molecule has 1 aliphatic carbocycles. The van der Waals surface area contributed by atoms with E-state index in [2.05, 4.69) is 11.0 Å². The summed E-state index contributed by atoms with van der Waals surface area (Å²) in [6, 6.07) is 2.33. The van der Waals surface area contributed by atoms with Crippen molar-refractivity contribution in [1.29, 1.82) is 5.26 Å². The molecule has 1 saturated carbocycles. The number of rotatable bonds is 2. The Kier molecular flexibility index (Phi) is 3.31. The second kappa shape index (κ2) is 4.53. The van der Waals surface area contributed by atoms with Crippen LogP contribution in [0.1, 0.15) is 45.4 Å². The van der Waals surface area contributed by atoms with Crippen LogP contribution >= 0.6 is 0 Å². The molecule has 0 radical (unpaired) electrons. The summed E-state index contributed by atoms with van der Waals surface area (Å²) in [5, 5.41) is 8.77.